The van der Waals surface area contributed by atoms with Gasteiger partial charge in [0.25, 0.3) is 5.91 Å². The fraction of sp³-hybridized carbons (Fsp3) is 0.400. The van der Waals surface area contributed by atoms with E-state index in [1.165, 1.54) is 6.20 Å². The van der Waals surface area contributed by atoms with Gasteiger partial charge in [-0.25, -0.2) is 0 Å². The predicted octanol–water partition coefficient (Wildman–Crippen LogP) is 0.314. The van der Waals surface area contributed by atoms with Crippen molar-refractivity contribution in [2.75, 3.05) is 25.5 Å². The highest BCUT2D eigenvalue weighted by atomic mass is 16.5. The van der Waals surface area contributed by atoms with E-state index >= 15 is 0 Å². The van der Waals surface area contributed by atoms with Crippen LogP contribution in [0.2, 0.25) is 0 Å². The number of rotatable bonds is 7. The summed E-state index contributed by atoms with van der Waals surface area (Å²) in [6, 6.07) is 0. The molecule has 0 saturated carbocycles. The Balaban J connectivity index is 2.16. The molecule has 16 heavy (non-hydrogen) atoms. The molecule has 0 aliphatic heterocycles. The first-order valence-electron chi connectivity index (χ1n) is 5.01. The highest BCUT2D eigenvalue weighted by molar-refractivity contribution is 5.98. The molecule has 1 heterocycles. The van der Waals surface area contributed by atoms with E-state index in [4.69, 9.17) is 10.5 Å². The maximum atomic E-state index is 11.5. The number of carbonyl (C=O) groups is 1. The molecule has 0 spiro atoms. The smallest absolute Gasteiger partial charge is 0.256 e. The summed E-state index contributed by atoms with van der Waals surface area (Å²) < 4.78 is 5.23. The highest BCUT2D eigenvalue weighted by Crippen LogP contribution is 2.04. The molecule has 1 rings (SSSR count). The molecule has 0 unspecified atom stereocenters. The summed E-state index contributed by atoms with van der Waals surface area (Å²) in [5, 5.41) is 8.82. The van der Waals surface area contributed by atoms with Gasteiger partial charge in [0.05, 0.1) is 19.4 Å². The summed E-state index contributed by atoms with van der Waals surface area (Å²) in [4.78, 5) is 11.5. The van der Waals surface area contributed by atoms with Gasteiger partial charge < -0.3 is 15.8 Å². The molecule has 1 aromatic rings. The Morgan fingerprint density at radius 1 is 1.69 bits per heavy atom. The topological polar surface area (TPSA) is 93.0 Å². The molecule has 0 radical (unpaired) electrons. The minimum Gasteiger partial charge on any atom is -0.383 e. The van der Waals surface area contributed by atoms with Crippen molar-refractivity contribution < 1.29 is 9.53 Å². The minimum absolute atomic E-state index is 0.251. The average Bonchev–Trinajstić information content (AvgIpc) is 2.69. The molecule has 0 bridgehead atoms. The van der Waals surface area contributed by atoms with Gasteiger partial charge in [0, 0.05) is 6.54 Å². The second-order valence-corrected chi connectivity index (χ2v) is 3.14. The SMILES string of the molecule is C=CCCOCCNC(=O)c1cn[nH]c1N. The molecular formula is C10H16N4O2. The van der Waals surface area contributed by atoms with Crippen molar-refractivity contribution in [3.63, 3.8) is 0 Å². The number of nitrogens with one attached hydrogen (secondary N) is 2. The van der Waals surface area contributed by atoms with Gasteiger partial charge in [0.1, 0.15) is 11.4 Å². The Bertz CT molecular complexity index is 348. The largest absolute Gasteiger partial charge is 0.383 e. The molecule has 0 saturated heterocycles. The van der Waals surface area contributed by atoms with Crippen LogP contribution in [0.15, 0.2) is 18.9 Å². The summed E-state index contributed by atoms with van der Waals surface area (Å²) in [5.41, 5.74) is 5.84. The number of aromatic nitrogens is 2. The second-order valence-electron chi connectivity index (χ2n) is 3.14. The quantitative estimate of drug-likeness (QED) is 0.459. The number of anilines is 1. The third-order valence-corrected chi connectivity index (χ3v) is 1.91. The third-order valence-electron chi connectivity index (χ3n) is 1.91. The lowest BCUT2D eigenvalue weighted by atomic mass is 10.3. The van der Waals surface area contributed by atoms with E-state index in [2.05, 4.69) is 22.1 Å². The Labute approximate surface area is 93.9 Å². The van der Waals surface area contributed by atoms with Gasteiger partial charge in [-0.15, -0.1) is 6.58 Å². The molecule has 1 aromatic heterocycles. The van der Waals surface area contributed by atoms with Crippen LogP contribution in [-0.2, 0) is 4.74 Å². The van der Waals surface area contributed by atoms with Gasteiger partial charge in [-0.3, -0.25) is 9.89 Å². The first-order chi connectivity index (χ1) is 7.75. The van der Waals surface area contributed by atoms with Crippen LogP contribution < -0.4 is 11.1 Å². The zero-order valence-corrected chi connectivity index (χ0v) is 9.03. The number of H-pyrrole nitrogens is 1. The lowest BCUT2D eigenvalue weighted by molar-refractivity contribution is 0.0919. The van der Waals surface area contributed by atoms with Crippen molar-refractivity contribution in [3.05, 3.63) is 24.4 Å². The molecule has 0 aliphatic rings. The molecule has 6 heteroatoms. The van der Waals surface area contributed by atoms with Gasteiger partial charge >= 0.3 is 0 Å². The number of hydrogen-bond acceptors (Lipinski definition) is 4. The van der Waals surface area contributed by atoms with Crippen molar-refractivity contribution in [2.24, 2.45) is 0 Å². The van der Waals surface area contributed by atoms with Crippen molar-refractivity contribution >= 4 is 11.7 Å². The van der Waals surface area contributed by atoms with Gasteiger partial charge in [-0.1, -0.05) is 6.08 Å². The van der Waals surface area contributed by atoms with Crippen LogP contribution in [0.3, 0.4) is 0 Å². The molecular weight excluding hydrogens is 208 g/mol. The third kappa shape index (κ3) is 3.74. The van der Waals surface area contributed by atoms with Crippen molar-refractivity contribution in [3.8, 4) is 0 Å². The van der Waals surface area contributed by atoms with Crippen LogP contribution in [0.1, 0.15) is 16.8 Å². The number of aromatic amines is 1. The minimum atomic E-state index is -0.251. The van der Waals surface area contributed by atoms with Gasteiger partial charge in [-0.05, 0) is 6.42 Å². The van der Waals surface area contributed by atoms with Crippen molar-refractivity contribution in [1.82, 2.24) is 15.5 Å². The van der Waals surface area contributed by atoms with E-state index in [1.807, 2.05) is 0 Å². The maximum absolute atomic E-state index is 11.5. The Morgan fingerprint density at radius 2 is 2.50 bits per heavy atom. The van der Waals surface area contributed by atoms with Crippen LogP contribution in [0.4, 0.5) is 5.82 Å². The fourth-order valence-corrected chi connectivity index (χ4v) is 1.08. The van der Waals surface area contributed by atoms with Crippen LogP contribution in [0, 0.1) is 0 Å². The first kappa shape index (κ1) is 12.3. The predicted molar refractivity (Wildman–Crippen MR) is 61.0 cm³/mol. The maximum Gasteiger partial charge on any atom is 0.256 e. The lowest BCUT2D eigenvalue weighted by Gasteiger charge is -2.04. The Kier molecular flexibility index (Phi) is 5.07. The molecule has 0 aromatic carbocycles. The second kappa shape index (κ2) is 6.62. The van der Waals surface area contributed by atoms with Crippen LogP contribution >= 0.6 is 0 Å². The average molecular weight is 224 g/mol. The number of nitrogens with zero attached hydrogens (tertiary/aromatic N) is 1. The Morgan fingerprint density at radius 3 is 3.12 bits per heavy atom. The molecule has 4 N–H and O–H groups in total. The van der Waals surface area contributed by atoms with Crippen molar-refractivity contribution in [2.45, 2.75) is 6.42 Å². The summed E-state index contributed by atoms with van der Waals surface area (Å²) in [6.07, 6.45) is 3.98. The van der Waals surface area contributed by atoms with E-state index in [0.717, 1.165) is 6.42 Å². The van der Waals surface area contributed by atoms with E-state index in [-0.39, 0.29) is 11.7 Å². The number of carbonyl (C=O) groups excluding carboxylic acids is 1. The van der Waals surface area contributed by atoms with E-state index in [9.17, 15) is 4.79 Å². The zero-order valence-electron chi connectivity index (χ0n) is 9.03. The van der Waals surface area contributed by atoms with Crippen LogP contribution in [0.5, 0.6) is 0 Å². The number of ether oxygens (including phenoxy) is 1. The number of amides is 1. The van der Waals surface area contributed by atoms with E-state index < -0.39 is 0 Å². The summed E-state index contributed by atoms with van der Waals surface area (Å²) in [7, 11) is 0. The summed E-state index contributed by atoms with van der Waals surface area (Å²) in [5.74, 6) is 0.0173. The van der Waals surface area contributed by atoms with Crippen LogP contribution in [0.25, 0.3) is 0 Å². The summed E-state index contributed by atoms with van der Waals surface area (Å²) in [6.45, 7) is 5.11. The number of hydrogen-bond donors (Lipinski definition) is 3. The molecule has 0 aliphatic carbocycles. The first-order valence-corrected chi connectivity index (χ1v) is 5.01. The molecule has 88 valence electrons. The van der Waals surface area contributed by atoms with E-state index in [1.54, 1.807) is 6.08 Å². The number of nitrogens with two attached hydrogens (primary N) is 1. The zero-order chi connectivity index (χ0) is 11.8. The monoisotopic (exact) mass is 224 g/mol. The van der Waals surface area contributed by atoms with E-state index in [0.29, 0.717) is 25.3 Å². The molecule has 0 atom stereocenters. The highest BCUT2D eigenvalue weighted by Gasteiger charge is 2.10. The number of nitrogen functional groups attached to an aromatic ring is 1. The molecule has 1 amide bonds. The van der Waals surface area contributed by atoms with Crippen molar-refractivity contribution in [1.29, 1.82) is 0 Å². The summed E-state index contributed by atoms with van der Waals surface area (Å²) >= 11 is 0. The molecule has 0 fully saturated rings. The fourth-order valence-electron chi connectivity index (χ4n) is 1.08. The standard InChI is InChI=1S/C10H16N4O2/c1-2-3-5-16-6-4-12-10(15)8-7-13-14-9(8)11/h2,7H,1,3-6H2,(H,12,15)(H3,11,13,14). The normalized spacial score (nSPS) is 10.0. The van der Waals surface area contributed by atoms with Gasteiger partial charge in [-0.2, -0.15) is 5.10 Å². The lowest BCUT2D eigenvalue weighted by Crippen LogP contribution is -2.27. The van der Waals surface area contributed by atoms with Gasteiger partial charge in [0.15, 0.2) is 0 Å². The Hall–Kier alpha value is -1.82. The van der Waals surface area contributed by atoms with Gasteiger partial charge in [0.2, 0.25) is 0 Å². The van der Waals surface area contributed by atoms with Crippen LogP contribution in [-0.4, -0.2) is 35.9 Å². The molecule has 6 nitrogen and oxygen atoms in total.